The van der Waals surface area contributed by atoms with Gasteiger partial charge in [0.2, 0.25) is 0 Å². The Balaban J connectivity index is 1.81. The maximum absolute atomic E-state index is 12.5. The minimum atomic E-state index is 0.183. The molecule has 0 atom stereocenters. The molecule has 2 aromatic heterocycles. The standard InChI is InChI=1S/C17H19N3O/c1-3-13-10-18-12-20(13)9-8-17(21)15-11-19(2)16-7-5-4-6-14(15)16/h4-7,10-12H,3,8-9H2,1-2H3. The zero-order chi connectivity index (χ0) is 14.8. The number of imidazole rings is 1. The van der Waals surface area contributed by atoms with E-state index < -0.39 is 0 Å². The minimum Gasteiger partial charge on any atom is -0.350 e. The van der Waals surface area contributed by atoms with Gasteiger partial charge in [0.25, 0.3) is 0 Å². The highest BCUT2D eigenvalue weighted by molar-refractivity contribution is 6.08. The van der Waals surface area contributed by atoms with Crippen LogP contribution in [0.25, 0.3) is 10.9 Å². The first-order valence-electron chi connectivity index (χ1n) is 7.27. The molecule has 0 amide bonds. The molecule has 0 radical (unpaired) electrons. The smallest absolute Gasteiger partial charge is 0.166 e. The third-order valence-electron chi connectivity index (χ3n) is 3.94. The number of para-hydroxylation sites is 1. The fraction of sp³-hybridized carbons (Fsp3) is 0.294. The minimum absolute atomic E-state index is 0.183. The van der Waals surface area contributed by atoms with Crippen LogP contribution in [0.4, 0.5) is 0 Å². The molecule has 2 heterocycles. The number of Topliss-reactive ketones (excluding diaryl/α,β-unsaturated/α-hetero) is 1. The van der Waals surface area contributed by atoms with Crippen molar-refractivity contribution in [1.82, 2.24) is 14.1 Å². The van der Waals surface area contributed by atoms with Crippen LogP contribution in [-0.4, -0.2) is 19.9 Å². The van der Waals surface area contributed by atoms with Gasteiger partial charge in [0, 0.05) is 54.6 Å². The summed E-state index contributed by atoms with van der Waals surface area (Å²) in [7, 11) is 1.98. The number of fused-ring (bicyclic) bond motifs is 1. The molecule has 4 heteroatoms. The molecular formula is C17H19N3O. The van der Waals surface area contributed by atoms with Crippen LogP contribution in [-0.2, 0) is 20.0 Å². The van der Waals surface area contributed by atoms with Crippen molar-refractivity contribution in [2.75, 3.05) is 0 Å². The van der Waals surface area contributed by atoms with Crippen LogP contribution >= 0.6 is 0 Å². The summed E-state index contributed by atoms with van der Waals surface area (Å²) < 4.78 is 4.07. The van der Waals surface area contributed by atoms with Crippen LogP contribution in [0.1, 0.15) is 29.4 Å². The zero-order valence-corrected chi connectivity index (χ0v) is 12.4. The molecule has 0 saturated carbocycles. The Morgan fingerprint density at radius 1 is 1.29 bits per heavy atom. The molecule has 108 valence electrons. The van der Waals surface area contributed by atoms with Gasteiger partial charge in [-0.1, -0.05) is 25.1 Å². The van der Waals surface area contributed by atoms with Crippen molar-refractivity contribution in [3.8, 4) is 0 Å². The van der Waals surface area contributed by atoms with Gasteiger partial charge < -0.3 is 9.13 Å². The van der Waals surface area contributed by atoms with Crippen LogP contribution in [0, 0.1) is 0 Å². The molecule has 0 bridgehead atoms. The van der Waals surface area contributed by atoms with Gasteiger partial charge in [-0.3, -0.25) is 4.79 Å². The lowest BCUT2D eigenvalue weighted by Crippen LogP contribution is -2.07. The third kappa shape index (κ3) is 2.49. The fourth-order valence-corrected chi connectivity index (χ4v) is 2.76. The van der Waals surface area contributed by atoms with Crippen molar-refractivity contribution in [2.24, 2.45) is 7.05 Å². The molecule has 21 heavy (non-hydrogen) atoms. The molecule has 1 aromatic carbocycles. The van der Waals surface area contributed by atoms with Crippen molar-refractivity contribution in [3.05, 3.63) is 54.2 Å². The molecule has 0 N–H and O–H groups in total. The van der Waals surface area contributed by atoms with Crippen LogP contribution < -0.4 is 0 Å². The average Bonchev–Trinajstić information content (AvgIpc) is 3.10. The second-order valence-corrected chi connectivity index (χ2v) is 5.28. The Bertz CT molecular complexity index is 782. The maximum Gasteiger partial charge on any atom is 0.166 e. The van der Waals surface area contributed by atoms with E-state index in [1.54, 1.807) is 6.33 Å². The van der Waals surface area contributed by atoms with Gasteiger partial charge >= 0.3 is 0 Å². The molecule has 3 aromatic rings. The van der Waals surface area contributed by atoms with E-state index in [4.69, 9.17) is 0 Å². The van der Waals surface area contributed by atoms with Crippen LogP contribution in [0.5, 0.6) is 0 Å². The first-order valence-corrected chi connectivity index (χ1v) is 7.27. The van der Waals surface area contributed by atoms with E-state index in [9.17, 15) is 4.79 Å². The average molecular weight is 281 g/mol. The van der Waals surface area contributed by atoms with Gasteiger partial charge in [0.1, 0.15) is 0 Å². The molecule has 0 fully saturated rings. The summed E-state index contributed by atoms with van der Waals surface area (Å²) in [5.74, 6) is 0.183. The molecule has 3 rings (SSSR count). The Labute approximate surface area is 124 Å². The van der Waals surface area contributed by atoms with Crippen molar-refractivity contribution in [1.29, 1.82) is 0 Å². The van der Waals surface area contributed by atoms with E-state index in [-0.39, 0.29) is 5.78 Å². The topological polar surface area (TPSA) is 39.8 Å². The summed E-state index contributed by atoms with van der Waals surface area (Å²) >= 11 is 0. The van der Waals surface area contributed by atoms with Crippen molar-refractivity contribution >= 4 is 16.7 Å². The number of carbonyl (C=O) groups excluding carboxylic acids is 1. The number of nitrogens with zero attached hydrogens (tertiary/aromatic N) is 3. The van der Waals surface area contributed by atoms with Crippen LogP contribution in [0.3, 0.4) is 0 Å². The normalized spacial score (nSPS) is 11.1. The summed E-state index contributed by atoms with van der Waals surface area (Å²) in [6.45, 7) is 2.78. The van der Waals surface area contributed by atoms with Crippen LogP contribution in [0.2, 0.25) is 0 Å². The summed E-state index contributed by atoms with van der Waals surface area (Å²) in [4.78, 5) is 16.7. The monoisotopic (exact) mass is 281 g/mol. The molecule has 0 spiro atoms. The second kappa shape index (κ2) is 5.56. The lowest BCUT2D eigenvalue weighted by molar-refractivity contribution is 0.0978. The second-order valence-electron chi connectivity index (χ2n) is 5.28. The fourth-order valence-electron chi connectivity index (χ4n) is 2.76. The van der Waals surface area contributed by atoms with Crippen molar-refractivity contribution < 1.29 is 4.79 Å². The summed E-state index contributed by atoms with van der Waals surface area (Å²) in [6, 6.07) is 8.02. The lowest BCUT2D eigenvalue weighted by atomic mass is 10.1. The van der Waals surface area contributed by atoms with E-state index in [2.05, 4.69) is 16.5 Å². The number of benzene rings is 1. The van der Waals surface area contributed by atoms with Crippen LogP contribution in [0.15, 0.2) is 43.0 Å². The number of carbonyl (C=O) groups is 1. The number of hydrogen-bond acceptors (Lipinski definition) is 2. The highest BCUT2D eigenvalue weighted by atomic mass is 16.1. The summed E-state index contributed by atoms with van der Waals surface area (Å²) in [5, 5.41) is 1.03. The van der Waals surface area contributed by atoms with E-state index >= 15 is 0 Å². The molecular weight excluding hydrogens is 262 g/mol. The van der Waals surface area contributed by atoms with E-state index in [0.29, 0.717) is 13.0 Å². The van der Waals surface area contributed by atoms with E-state index in [1.165, 1.54) is 5.69 Å². The molecule has 0 aliphatic carbocycles. The van der Waals surface area contributed by atoms with Gasteiger partial charge in [-0.15, -0.1) is 0 Å². The Kier molecular flexibility index (Phi) is 3.60. The predicted octanol–water partition coefficient (Wildman–Crippen LogP) is 3.21. The SMILES string of the molecule is CCc1cncn1CCC(=O)c1cn(C)c2ccccc12. The number of hydrogen-bond donors (Lipinski definition) is 0. The van der Waals surface area contributed by atoms with Gasteiger partial charge in [0.05, 0.1) is 6.33 Å². The van der Waals surface area contributed by atoms with Crippen molar-refractivity contribution in [2.45, 2.75) is 26.3 Å². The molecule has 0 saturated heterocycles. The van der Waals surface area contributed by atoms with Crippen molar-refractivity contribution in [3.63, 3.8) is 0 Å². The first kappa shape index (κ1) is 13.6. The summed E-state index contributed by atoms with van der Waals surface area (Å²) in [5.41, 5.74) is 3.07. The molecule has 0 aliphatic heterocycles. The number of rotatable bonds is 5. The number of aromatic nitrogens is 3. The largest absolute Gasteiger partial charge is 0.350 e. The Morgan fingerprint density at radius 2 is 2.10 bits per heavy atom. The Hall–Kier alpha value is -2.36. The Morgan fingerprint density at radius 3 is 2.90 bits per heavy atom. The van der Waals surface area contributed by atoms with Gasteiger partial charge in [0.15, 0.2) is 5.78 Å². The highest BCUT2D eigenvalue weighted by Gasteiger charge is 2.13. The third-order valence-corrected chi connectivity index (χ3v) is 3.94. The molecule has 4 nitrogen and oxygen atoms in total. The number of aryl methyl sites for hydroxylation is 3. The maximum atomic E-state index is 12.5. The van der Waals surface area contributed by atoms with Gasteiger partial charge in [-0.25, -0.2) is 4.98 Å². The quantitative estimate of drug-likeness (QED) is 0.674. The predicted molar refractivity (Wildman–Crippen MR) is 83.5 cm³/mol. The highest BCUT2D eigenvalue weighted by Crippen LogP contribution is 2.21. The summed E-state index contributed by atoms with van der Waals surface area (Å²) in [6.07, 6.45) is 7.03. The van der Waals surface area contributed by atoms with E-state index in [0.717, 1.165) is 22.9 Å². The first-order chi connectivity index (χ1) is 10.2. The lowest BCUT2D eigenvalue weighted by Gasteiger charge is -2.05. The number of ketones is 1. The van der Waals surface area contributed by atoms with Gasteiger partial charge in [-0.2, -0.15) is 0 Å². The van der Waals surface area contributed by atoms with E-state index in [1.807, 2.05) is 48.3 Å². The van der Waals surface area contributed by atoms with Gasteiger partial charge in [-0.05, 0) is 12.5 Å². The molecule has 0 unspecified atom stereocenters. The zero-order valence-electron chi connectivity index (χ0n) is 12.4. The molecule has 0 aliphatic rings.